The first-order chi connectivity index (χ1) is 9.02. The van der Waals surface area contributed by atoms with E-state index in [1.165, 1.54) is 12.1 Å². The van der Waals surface area contributed by atoms with Crippen molar-refractivity contribution < 1.29 is 9.18 Å². The second-order valence-electron chi connectivity index (χ2n) is 4.43. The summed E-state index contributed by atoms with van der Waals surface area (Å²) < 4.78 is 13.3. The molecule has 1 aromatic heterocycles. The summed E-state index contributed by atoms with van der Waals surface area (Å²) in [5.74, 6) is -0.919. The number of carbonyl (C=O) groups excluding carboxylic acids is 1. The van der Waals surface area contributed by atoms with Crippen molar-refractivity contribution in [1.82, 2.24) is 5.32 Å². The molecule has 1 amide bonds. The van der Waals surface area contributed by atoms with E-state index in [1.807, 2.05) is 17.5 Å². The smallest absolute Gasteiger partial charge is 0.242 e. The van der Waals surface area contributed by atoms with Gasteiger partial charge in [-0.15, -0.1) is 11.3 Å². The predicted molar refractivity (Wildman–Crippen MR) is 74.1 cm³/mol. The van der Waals surface area contributed by atoms with Gasteiger partial charge in [0.1, 0.15) is 11.4 Å². The molecule has 0 bridgehead atoms. The molecule has 2 rings (SSSR count). The summed E-state index contributed by atoms with van der Waals surface area (Å²) in [6.45, 7) is 2.17. The Morgan fingerprint density at radius 3 is 2.79 bits per heavy atom. The van der Waals surface area contributed by atoms with Gasteiger partial charge < -0.3 is 5.73 Å². The van der Waals surface area contributed by atoms with Crippen LogP contribution in [0.2, 0.25) is 0 Å². The highest BCUT2D eigenvalue weighted by molar-refractivity contribution is 7.09. The minimum atomic E-state index is -1.09. The molecule has 1 atom stereocenters. The summed E-state index contributed by atoms with van der Waals surface area (Å²) in [7, 11) is 0. The third kappa shape index (κ3) is 3.00. The standard InChI is InChI=1S/C14H15FN2OS/c1-14(13(16)18,10-4-2-5-11(15)8-10)17-9-12-6-3-7-19-12/h2-8,17H,9H2,1H3,(H2,16,18). The molecule has 0 aliphatic carbocycles. The molecule has 0 fully saturated rings. The third-order valence-corrected chi connectivity index (χ3v) is 3.97. The van der Waals surface area contributed by atoms with Crippen LogP contribution in [0.3, 0.4) is 0 Å². The lowest BCUT2D eigenvalue weighted by Crippen LogP contribution is -2.50. The van der Waals surface area contributed by atoms with Crippen LogP contribution in [-0.2, 0) is 16.9 Å². The van der Waals surface area contributed by atoms with E-state index in [-0.39, 0.29) is 5.82 Å². The van der Waals surface area contributed by atoms with Crippen LogP contribution in [0.5, 0.6) is 0 Å². The van der Waals surface area contributed by atoms with E-state index < -0.39 is 11.4 Å². The molecule has 0 radical (unpaired) electrons. The number of benzene rings is 1. The number of thiophene rings is 1. The van der Waals surface area contributed by atoms with Crippen molar-refractivity contribution in [2.24, 2.45) is 5.73 Å². The fourth-order valence-electron chi connectivity index (χ4n) is 1.81. The maximum atomic E-state index is 13.3. The summed E-state index contributed by atoms with van der Waals surface area (Å²) in [5.41, 5.74) is 4.91. The van der Waals surface area contributed by atoms with Gasteiger partial charge in [-0.05, 0) is 36.1 Å². The van der Waals surface area contributed by atoms with Crippen molar-refractivity contribution in [3.63, 3.8) is 0 Å². The van der Waals surface area contributed by atoms with Gasteiger partial charge in [0.25, 0.3) is 0 Å². The van der Waals surface area contributed by atoms with Crippen LogP contribution >= 0.6 is 11.3 Å². The Hall–Kier alpha value is -1.72. The lowest BCUT2D eigenvalue weighted by atomic mass is 9.91. The van der Waals surface area contributed by atoms with Crippen LogP contribution in [0.1, 0.15) is 17.4 Å². The molecule has 19 heavy (non-hydrogen) atoms. The van der Waals surface area contributed by atoms with Gasteiger partial charge in [-0.2, -0.15) is 0 Å². The van der Waals surface area contributed by atoms with Gasteiger partial charge >= 0.3 is 0 Å². The Morgan fingerprint density at radius 1 is 1.42 bits per heavy atom. The molecule has 1 unspecified atom stereocenters. The first-order valence-electron chi connectivity index (χ1n) is 5.86. The van der Waals surface area contributed by atoms with Crippen LogP contribution in [0, 0.1) is 5.82 Å². The second-order valence-corrected chi connectivity index (χ2v) is 5.46. The van der Waals surface area contributed by atoms with Crippen molar-refractivity contribution in [2.75, 3.05) is 0 Å². The molecule has 1 aromatic carbocycles. The zero-order valence-corrected chi connectivity index (χ0v) is 11.3. The average Bonchev–Trinajstić information content (AvgIpc) is 2.88. The summed E-state index contributed by atoms with van der Waals surface area (Å²) in [4.78, 5) is 12.8. The quantitative estimate of drug-likeness (QED) is 0.882. The van der Waals surface area contributed by atoms with Crippen molar-refractivity contribution >= 4 is 17.2 Å². The molecule has 0 aliphatic rings. The number of rotatable bonds is 5. The minimum absolute atomic E-state index is 0.386. The molecular formula is C14H15FN2OS. The number of carbonyl (C=O) groups is 1. The number of nitrogens with one attached hydrogen (secondary N) is 1. The summed E-state index contributed by atoms with van der Waals surface area (Å²) >= 11 is 1.58. The number of halogens is 1. The Kier molecular flexibility index (Phi) is 3.97. The van der Waals surface area contributed by atoms with E-state index in [0.717, 1.165) is 4.88 Å². The third-order valence-electron chi connectivity index (χ3n) is 3.09. The Labute approximate surface area is 115 Å². The highest BCUT2D eigenvalue weighted by Gasteiger charge is 2.32. The lowest BCUT2D eigenvalue weighted by molar-refractivity contribution is -0.124. The molecule has 0 aliphatic heterocycles. The van der Waals surface area contributed by atoms with E-state index in [2.05, 4.69) is 5.32 Å². The molecule has 3 nitrogen and oxygen atoms in total. The molecule has 1 heterocycles. The van der Waals surface area contributed by atoms with Crippen molar-refractivity contribution in [3.05, 3.63) is 58.0 Å². The second kappa shape index (κ2) is 5.50. The Morgan fingerprint density at radius 2 is 2.21 bits per heavy atom. The summed E-state index contributed by atoms with van der Waals surface area (Å²) in [6, 6.07) is 9.82. The highest BCUT2D eigenvalue weighted by atomic mass is 32.1. The zero-order valence-electron chi connectivity index (χ0n) is 10.5. The SMILES string of the molecule is CC(NCc1cccs1)(C(N)=O)c1cccc(F)c1. The molecular weight excluding hydrogens is 263 g/mol. The lowest BCUT2D eigenvalue weighted by Gasteiger charge is -2.28. The van der Waals surface area contributed by atoms with E-state index in [0.29, 0.717) is 12.1 Å². The molecule has 100 valence electrons. The van der Waals surface area contributed by atoms with Gasteiger partial charge in [0.15, 0.2) is 0 Å². The first-order valence-corrected chi connectivity index (χ1v) is 6.74. The van der Waals surface area contributed by atoms with Gasteiger partial charge in [-0.1, -0.05) is 18.2 Å². The molecule has 5 heteroatoms. The molecule has 0 spiro atoms. The van der Waals surface area contributed by atoms with Gasteiger partial charge in [0, 0.05) is 11.4 Å². The fraction of sp³-hybridized carbons (Fsp3) is 0.214. The van der Waals surface area contributed by atoms with Gasteiger partial charge in [0.05, 0.1) is 0 Å². The fourth-order valence-corrected chi connectivity index (χ4v) is 2.45. The maximum Gasteiger partial charge on any atom is 0.242 e. The van der Waals surface area contributed by atoms with Crippen LogP contribution in [0.4, 0.5) is 4.39 Å². The normalized spacial score (nSPS) is 14.0. The van der Waals surface area contributed by atoms with Crippen LogP contribution in [0.25, 0.3) is 0 Å². The van der Waals surface area contributed by atoms with Crippen molar-refractivity contribution in [1.29, 1.82) is 0 Å². The Balaban J connectivity index is 2.24. The zero-order chi connectivity index (χ0) is 13.9. The largest absolute Gasteiger partial charge is 0.368 e. The minimum Gasteiger partial charge on any atom is -0.368 e. The number of amides is 1. The van der Waals surface area contributed by atoms with Gasteiger partial charge in [0.2, 0.25) is 5.91 Å². The maximum absolute atomic E-state index is 13.3. The molecule has 2 aromatic rings. The van der Waals surface area contributed by atoms with Gasteiger partial charge in [-0.3, -0.25) is 10.1 Å². The van der Waals surface area contributed by atoms with Crippen molar-refractivity contribution in [2.45, 2.75) is 19.0 Å². The number of hydrogen-bond donors (Lipinski definition) is 2. The molecule has 0 saturated carbocycles. The van der Waals surface area contributed by atoms with Gasteiger partial charge in [-0.25, -0.2) is 4.39 Å². The highest BCUT2D eigenvalue weighted by Crippen LogP contribution is 2.22. The topological polar surface area (TPSA) is 55.1 Å². The van der Waals surface area contributed by atoms with Crippen LogP contribution in [0.15, 0.2) is 41.8 Å². The van der Waals surface area contributed by atoms with E-state index in [1.54, 1.807) is 30.4 Å². The number of hydrogen-bond acceptors (Lipinski definition) is 3. The van der Waals surface area contributed by atoms with Crippen LogP contribution < -0.4 is 11.1 Å². The number of nitrogens with two attached hydrogens (primary N) is 1. The van der Waals surface area contributed by atoms with E-state index in [4.69, 9.17) is 5.73 Å². The predicted octanol–water partition coefficient (Wildman–Crippen LogP) is 2.38. The van der Waals surface area contributed by atoms with E-state index in [9.17, 15) is 9.18 Å². The molecule has 0 saturated heterocycles. The monoisotopic (exact) mass is 278 g/mol. The molecule has 3 N–H and O–H groups in total. The van der Waals surface area contributed by atoms with Crippen LogP contribution in [-0.4, -0.2) is 5.91 Å². The van der Waals surface area contributed by atoms with E-state index >= 15 is 0 Å². The Bertz CT molecular complexity index is 571. The summed E-state index contributed by atoms with van der Waals surface area (Å²) in [6.07, 6.45) is 0. The average molecular weight is 278 g/mol. The first kappa shape index (κ1) is 13.7. The summed E-state index contributed by atoms with van der Waals surface area (Å²) in [5, 5.41) is 5.07. The van der Waals surface area contributed by atoms with Crippen molar-refractivity contribution in [3.8, 4) is 0 Å². The number of primary amides is 1.